The molecule has 1 amide bonds. The molecule has 0 unspecified atom stereocenters. The van der Waals surface area contributed by atoms with Gasteiger partial charge in [-0.3, -0.25) is 4.79 Å². The van der Waals surface area contributed by atoms with Gasteiger partial charge in [0.1, 0.15) is 0 Å². The van der Waals surface area contributed by atoms with Crippen molar-refractivity contribution < 1.29 is 10.0 Å². The summed E-state index contributed by atoms with van der Waals surface area (Å²) in [5, 5.41) is 11.9. The molecule has 98 valence electrons. The molecule has 1 aliphatic heterocycles. The van der Waals surface area contributed by atoms with Gasteiger partial charge in [-0.05, 0) is 25.4 Å². The fourth-order valence-electron chi connectivity index (χ4n) is 1.99. The van der Waals surface area contributed by atoms with E-state index in [1.54, 1.807) is 11.8 Å². The highest BCUT2D eigenvalue weighted by Crippen LogP contribution is 2.34. The fourth-order valence-corrected chi connectivity index (χ4v) is 3.26. The van der Waals surface area contributed by atoms with Crippen molar-refractivity contribution in [2.45, 2.75) is 17.6 Å². The first-order chi connectivity index (χ1) is 8.09. The highest BCUT2D eigenvalue weighted by Gasteiger charge is 2.39. The number of likely N-dealkylation sites (tertiary alicyclic amines) is 1. The Morgan fingerprint density at radius 1 is 1.47 bits per heavy atom. The molecule has 0 aliphatic carbocycles. The van der Waals surface area contributed by atoms with Crippen molar-refractivity contribution in [3.05, 3.63) is 0 Å². The fraction of sp³-hybridized carbons (Fsp3) is 0.800. The summed E-state index contributed by atoms with van der Waals surface area (Å²) in [5.41, 5.74) is 5.75. The monoisotopic (exact) mass is 277 g/mol. The molecule has 0 bridgehead atoms. The number of nitrogens with zero attached hydrogens (tertiary/aromatic N) is 2. The average Bonchev–Trinajstić information content (AvgIpc) is 2.38. The highest BCUT2D eigenvalue weighted by atomic mass is 32.2. The van der Waals surface area contributed by atoms with Crippen LogP contribution in [0.25, 0.3) is 0 Å². The molecule has 0 atom stereocenters. The first-order valence-electron chi connectivity index (χ1n) is 5.39. The van der Waals surface area contributed by atoms with Crippen LogP contribution in [-0.4, -0.2) is 58.0 Å². The van der Waals surface area contributed by atoms with E-state index in [2.05, 4.69) is 5.16 Å². The summed E-state index contributed by atoms with van der Waals surface area (Å²) in [6, 6.07) is 0. The van der Waals surface area contributed by atoms with Crippen LogP contribution in [0.1, 0.15) is 12.8 Å². The van der Waals surface area contributed by atoms with E-state index in [4.69, 9.17) is 10.9 Å². The normalized spacial score (nSPS) is 20.4. The van der Waals surface area contributed by atoms with Gasteiger partial charge >= 0.3 is 0 Å². The summed E-state index contributed by atoms with van der Waals surface area (Å²) in [6.07, 6.45) is 5.36. The number of nitrogens with two attached hydrogens (primary N) is 1. The van der Waals surface area contributed by atoms with Crippen molar-refractivity contribution in [2.75, 3.05) is 31.4 Å². The van der Waals surface area contributed by atoms with Gasteiger partial charge in [0.2, 0.25) is 5.91 Å². The molecular weight excluding hydrogens is 258 g/mol. The van der Waals surface area contributed by atoms with Crippen LogP contribution in [0.2, 0.25) is 0 Å². The van der Waals surface area contributed by atoms with Gasteiger partial charge in [-0.15, -0.1) is 0 Å². The van der Waals surface area contributed by atoms with E-state index >= 15 is 0 Å². The maximum Gasteiger partial charge on any atom is 0.232 e. The zero-order chi connectivity index (χ0) is 12.9. The van der Waals surface area contributed by atoms with Crippen molar-refractivity contribution >= 4 is 35.3 Å². The third-order valence-corrected chi connectivity index (χ3v) is 5.09. The van der Waals surface area contributed by atoms with Gasteiger partial charge in [0, 0.05) is 13.1 Å². The molecule has 1 aliphatic rings. The van der Waals surface area contributed by atoms with Crippen LogP contribution in [0.5, 0.6) is 0 Å². The molecule has 5 nitrogen and oxygen atoms in total. The van der Waals surface area contributed by atoms with Gasteiger partial charge in [0.05, 0.1) is 10.5 Å². The zero-order valence-electron chi connectivity index (χ0n) is 10.2. The Kier molecular flexibility index (Phi) is 5.45. The molecule has 3 N–H and O–H groups in total. The number of oxime groups is 1. The number of rotatable bonds is 4. The van der Waals surface area contributed by atoms with Crippen LogP contribution < -0.4 is 5.73 Å². The number of amides is 1. The van der Waals surface area contributed by atoms with Gasteiger partial charge < -0.3 is 15.8 Å². The van der Waals surface area contributed by atoms with E-state index in [-0.39, 0.29) is 16.5 Å². The van der Waals surface area contributed by atoms with E-state index in [0.29, 0.717) is 18.8 Å². The lowest BCUT2D eigenvalue weighted by Crippen LogP contribution is -2.51. The number of hydrogen-bond donors (Lipinski definition) is 2. The lowest BCUT2D eigenvalue weighted by Gasteiger charge is -2.39. The molecule has 7 heteroatoms. The molecule has 0 saturated carbocycles. The van der Waals surface area contributed by atoms with Gasteiger partial charge in [-0.2, -0.15) is 23.5 Å². The molecule has 0 aromatic heterocycles. The quantitative estimate of drug-likeness (QED) is 0.344. The molecule has 0 spiro atoms. The largest absolute Gasteiger partial charge is 0.409 e. The van der Waals surface area contributed by atoms with E-state index in [1.807, 2.05) is 17.4 Å². The van der Waals surface area contributed by atoms with Crippen molar-refractivity contribution in [2.24, 2.45) is 10.9 Å². The maximum absolute atomic E-state index is 11.7. The van der Waals surface area contributed by atoms with E-state index in [0.717, 1.165) is 12.8 Å². The minimum atomic E-state index is -0.315. The number of piperidine rings is 1. The Bertz CT molecular complexity index is 302. The molecule has 0 radical (unpaired) electrons. The third-order valence-electron chi connectivity index (χ3n) is 3.16. The molecule has 1 rings (SSSR count). The maximum atomic E-state index is 11.7. The molecule has 1 saturated heterocycles. The van der Waals surface area contributed by atoms with Crippen LogP contribution >= 0.6 is 23.5 Å². The molecular formula is C10H19N3O2S2. The van der Waals surface area contributed by atoms with Crippen molar-refractivity contribution in [1.29, 1.82) is 0 Å². The smallest absolute Gasteiger partial charge is 0.232 e. The van der Waals surface area contributed by atoms with E-state index < -0.39 is 0 Å². The van der Waals surface area contributed by atoms with Gasteiger partial charge in [-0.1, -0.05) is 5.16 Å². The Morgan fingerprint density at radius 2 is 2.06 bits per heavy atom. The second kappa shape index (κ2) is 6.39. The average molecular weight is 277 g/mol. The van der Waals surface area contributed by atoms with Crippen molar-refractivity contribution in [1.82, 2.24) is 4.90 Å². The number of hydrogen-bond acceptors (Lipinski definition) is 5. The van der Waals surface area contributed by atoms with Crippen LogP contribution in [-0.2, 0) is 4.79 Å². The summed E-state index contributed by atoms with van der Waals surface area (Å²) in [7, 11) is 0. The first kappa shape index (κ1) is 14.5. The Morgan fingerprint density at radius 3 is 2.47 bits per heavy atom. The molecule has 0 aromatic carbocycles. The zero-order valence-corrected chi connectivity index (χ0v) is 11.8. The predicted molar refractivity (Wildman–Crippen MR) is 73.9 cm³/mol. The Balaban J connectivity index is 2.62. The number of amidine groups is 1. The number of carbonyl (C=O) groups excluding carboxylic acids is 1. The molecule has 0 aromatic rings. The summed E-state index contributed by atoms with van der Waals surface area (Å²) >= 11 is 3.13. The standard InChI is InChI=1S/C10H19N3O2S2/c1-16-7-8(14)13-5-3-10(17-2,4-6-13)9(11)12-15/h15H,3-7H2,1-2H3,(H2,11,12). The van der Waals surface area contributed by atoms with Gasteiger partial charge in [-0.25, -0.2) is 0 Å². The molecule has 1 heterocycles. The molecule has 17 heavy (non-hydrogen) atoms. The minimum Gasteiger partial charge on any atom is -0.409 e. The Labute approximate surface area is 110 Å². The van der Waals surface area contributed by atoms with E-state index in [1.165, 1.54) is 11.8 Å². The Hall–Kier alpha value is -0.560. The summed E-state index contributed by atoms with van der Waals surface area (Å²) in [4.78, 5) is 13.6. The summed E-state index contributed by atoms with van der Waals surface area (Å²) in [5.74, 6) is 0.962. The van der Waals surface area contributed by atoms with Crippen molar-refractivity contribution in [3.8, 4) is 0 Å². The highest BCUT2D eigenvalue weighted by molar-refractivity contribution is 8.00. The minimum absolute atomic E-state index is 0.173. The number of thioether (sulfide) groups is 2. The predicted octanol–water partition coefficient (Wildman–Crippen LogP) is 0.820. The number of carbonyl (C=O) groups is 1. The van der Waals surface area contributed by atoms with Crippen LogP contribution in [0, 0.1) is 0 Å². The second-order valence-corrected chi connectivity index (χ2v) is 6.05. The van der Waals surface area contributed by atoms with Gasteiger partial charge in [0.25, 0.3) is 0 Å². The lowest BCUT2D eigenvalue weighted by molar-refractivity contribution is -0.129. The SMILES string of the molecule is CSCC(=O)N1CCC(SC)(C(N)=NO)CC1. The lowest BCUT2D eigenvalue weighted by atomic mass is 9.94. The van der Waals surface area contributed by atoms with Crippen molar-refractivity contribution in [3.63, 3.8) is 0 Å². The summed E-state index contributed by atoms with van der Waals surface area (Å²) < 4.78 is -0.315. The second-order valence-electron chi connectivity index (χ2n) is 4.00. The summed E-state index contributed by atoms with van der Waals surface area (Å²) in [6.45, 7) is 1.35. The van der Waals surface area contributed by atoms with Crippen LogP contribution in [0.3, 0.4) is 0 Å². The van der Waals surface area contributed by atoms with E-state index in [9.17, 15) is 4.79 Å². The molecule has 1 fully saturated rings. The van der Waals surface area contributed by atoms with Crippen LogP contribution in [0.15, 0.2) is 5.16 Å². The van der Waals surface area contributed by atoms with Crippen LogP contribution in [0.4, 0.5) is 0 Å². The topological polar surface area (TPSA) is 78.9 Å². The third kappa shape index (κ3) is 3.22. The first-order valence-corrected chi connectivity index (χ1v) is 8.01. The van der Waals surface area contributed by atoms with Gasteiger partial charge in [0.15, 0.2) is 5.84 Å².